The number of carbonyl (C=O) groups excluding carboxylic acids is 1. The van der Waals surface area contributed by atoms with E-state index in [2.05, 4.69) is 9.89 Å². The molecular formula is C14H12Cl2N2O2S. The lowest BCUT2D eigenvalue weighted by Crippen LogP contribution is -2.38. The predicted octanol–water partition coefficient (Wildman–Crippen LogP) is 3.30. The van der Waals surface area contributed by atoms with Crippen LogP contribution < -0.4 is 0 Å². The summed E-state index contributed by atoms with van der Waals surface area (Å²) in [6, 6.07) is 5.19. The predicted molar refractivity (Wildman–Crippen MR) is 86.9 cm³/mol. The van der Waals surface area contributed by atoms with Crippen LogP contribution in [-0.4, -0.2) is 42.3 Å². The number of amidine groups is 1. The number of nitrogens with zero attached hydrogens (tertiary/aromatic N) is 2. The molecule has 1 amide bonds. The largest absolute Gasteiger partial charge is 0.378 e. The molecule has 0 aromatic heterocycles. The number of halogens is 2. The van der Waals surface area contributed by atoms with E-state index in [1.54, 1.807) is 24.3 Å². The third kappa shape index (κ3) is 3.43. The number of aliphatic imine (C=N–C) groups is 1. The van der Waals surface area contributed by atoms with Gasteiger partial charge in [-0.2, -0.15) is 4.99 Å². The van der Waals surface area contributed by atoms with E-state index in [0.29, 0.717) is 28.2 Å². The molecule has 1 aromatic rings. The second-order valence-corrected chi connectivity index (χ2v) is 6.43. The summed E-state index contributed by atoms with van der Waals surface area (Å²) in [6.07, 6.45) is 1.75. The maximum atomic E-state index is 12.0. The summed E-state index contributed by atoms with van der Waals surface area (Å²) in [5, 5.41) is 1.82. The van der Waals surface area contributed by atoms with Gasteiger partial charge >= 0.3 is 0 Å². The first-order valence-electron chi connectivity index (χ1n) is 6.44. The molecule has 0 saturated carbocycles. The second-order valence-electron chi connectivity index (χ2n) is 4.58. The molecule has 1 saturated heterocycles. The molecule has 0 atom stereocenters. The molecular weight excluding hydrogens is 331 g/mol. The third-order valence-corrected chi connectivity index (χ3v) is 4.75. The summed E-state index contributed by atoms with van der Waals surface area (Å²) in [5.74, 6) is -0.229. The van der Waals surface area contributed by atoms with Gasteiger partial charge in [-0.25, -0.2) is 0 Å². The Morgan fingerprint density at radius 1 is 1.29 bits per heavy atom. The molecule has 0 radical (unpaired) electrons. The SMILES string of the molecule is O=C1N=C(N2CCOCC2)S/C1=C\c1ccc(Cl)cc1Cl. The molecule has 21 heavy (non-hydrogen) atoms. The molecule has 1 aromatic carbocycles. The van der Waals surface area contributed by atoms with Gasteiger partial charge in [-0.3, -0.25) is 4.79 Å². The van der Waals surface area contributed by atoms with Crippen LogP contribution in [0.25, 0.3) is 6.08 Å². The Balaban J connectivity index is 1.79. The minimum atomic E-state index is -0.229. The van der Waals surface area contributed by atoms with Crippen molar-refractivity contribution < 1.29 is 9.53 Å². The highest BCUT2D eigenvalue weighted by Gasteiger charge is 2.27. The number of ether oxygens (including phenoxy) is 1. The Morgan fingerprint density at radius 2 is 2.05 bits per heavy atom. The van der Waals surface area contributed by atoms with Crippen LogP contribution in [0.4, 0.5) is 0 Å². The van der Waals surface area contributed by atoms with E-state index in [9.17, 15) is 4.79 Å². The zero-order valence-corrected chi connectivity index (χ0v) is 13.3. The van der Waals surface area contributed by atoms with Crippen molar-refractivity contribution in [1.82, 2.24) is 4.90 Å². The van der Waals surface area contributed by atoms with E-state index >= 15 is 0 Å². The standard InChI is InChI=1S/C14H12Cl2N2O2S/c15-10-2-1-9(11(16)8-10)7-12-13(19)17-14(21-12)18-3-5-20-6-4-18/h1-2,7-8H,3-6H2/b12-7-. The number of thioether (sulfide) groups is 1. The summed E-state index contributed by atoms with van der Waals surface area (Å²) >= 11 is 13.4. The second kappa shape index (κ2) is 6.40. The van der Waals surface area contributed by atoms with Gasteiger partial charge in [-0.15, -0.1) is 0 Å². The van der Waals surface area contributed by atoms with Gasteiger partial charge in [0, 0.05) is 23.1 Å². The van der Waals surface area contributed by atoms with Gasteiger partial charge in [0.2, 0.25) is 0 Å². The lowest BCUT2D eigenvalue weighted by atomic mass is 10.2. The van der Waals surface area contributed by atoms with Gasteiger partial charge in [0.25, 0.3) is 5.91 Å². The van der Waals surface area contributed by atoms with Crippen molar-refractivity contribution in [2.75, 3.05) is 26.3 Å². The fourth-order valence-corrected chi connectivity index (χ4v) is 3.47. The van der Waals surface area contributed by atoms with Crippen molar-refractivity contribution in [2.24, 2.45) is 4.99 Å². The van der Waals surface area contributed by atoms with Crippen molar-refractivity contribution in [3.05, 3.63) is 38.7 Å². The molecule has 4 nitrogen and oxygen atoms in total. The van der Waals surface area contributed by atoms with Gasteiger partial charge in [-0.1, -0.05) is 29.3 Å². The van der Waals surface area contributed by atoms with Gasteiger partial charge in [0.15, 0.2) is 5.17 Å². The lowest BCUT2D eigenvalue weighted by Gasteiger charge is -2.27. The average Bonchev–Trinajstić information content (AvgIpc) is 2.84. The number of rotatable bonds is 1. The number of benzene rings is 1. The van der Waals surface area contributed by atoms with Gasteiger partial charge in [0.1, 0.15) is 0 Å². The van der Waals surface area contributed by atoms with Crippen molar-refractivity contribution in [3.8, 4) is 0 Å². The highest BCUT2D eigenvalue weighted by molar-refractivity contribution is 8.18. The third-order valence-electron chi connectivity index (χ3n) is 3.14. The first-order chi connectivity index (χ1) is 10.1. The lowest BCUT2D eigenvalue weighted by molar-refractivity contribution is -0.113. The van der Waals surface area contributed by atoms with E-state index in [1.807, 2.05) is 0 Å². The topological polar surface area (TPSA) is 41.9 Å². The van der Waals surface area contributed by atoms with Gasteiger partial charge in [-0.05, 0) is 35.5 Å². The Kier molecular flexibility index (Phi) is 4.54. The molecule has 0 N–H and O–H groups in total. The van der Waals surface area contributed by atoms with Crippen LogP contribution in [0.1, 0.15) is 5.56 Å². The van der Waals surface area contributed by atoms with Gasteiger partial charge < -0.3 is 9.64 Å². The smallest absolute Gasteiger partial charge is 0.286 e. The zero-order valence-electron chi connectivity index (χ0n) is 11.0. The summed E-state index contributed by atoms with van der Waals surface area (Å²) in [5.41, 5.74) is 0.760. The summed E-state index contributed by atoms with van der Waals surface area (Å²) in [4.78, 5) is 18.8. The molecule has 2 aliphatic rings. The molecule has 2 heterocycles. The minimum absolute atomic E-state index is 0.229. The Hall–Kier alpha value is -1.01. The summed E-state index contributed by atoms with van der Waals surface area (Å²) in [7, 11) is 0. The Morgan fingerprint density at radius 3 is 2.76 bits per heavy atom. The zero-order chi connectivity index (χ0) is 14.8. The number of morpholine rings is 1. The van der Waals surface area contributed by atoms with Crippen LogP contribution in [-0.2, 0) is 9.53 Å². The maximum absolute atomic E-state index is 12.0. The molecule has 2 aliphatic heterocycles. The number of hydrogen-bond acceptors (Lipinski definition) is 4. The van der Waals surface area contributed by atoms with Crippen molar-refractivity contribution >= 4 is 52.1 Å². The fourth-order valence-electron chi connectivity index (χ4n) is 2.05. The van der Waals surface area contributed by atoms with Gasteiger partial charge in [0.05, 0.1) is 18.1 Å². The fraction of sp³-hybridized carbons (Fsp3) is 0.286. The Labute approximate surface area is 136 Å². The molecule has 0 bridgehead atoms. The highest BCUT2D eigenvalue weighted by Crippen LogP contribution is 2.32. The van der Waals surface area contributed by atoms with E-state index in [4.69, 9.17) is 27.9 Å². The normalized spacial score (nSPS) is 21.0. The van der Waals surface area contributed by atoms with Crippen molar-refractivity contribution in [3.63, 3.8) is 0 Å². The minimum Gasteiger partial charge on any atom is -0.378 e. The van der Waals surface area contributed by atoms with E-state index < -0.39 is 0 Å². The number of carbonyl (C=O) groups is 1. The Bertz CT molecular complexity index is 640. The molecule has 1 fully saturated rings. The van der Waals surface area contributed by atoms with Crippen molar-refractivity contribution in [2.45, 2.75) is 0 Å². The maximum Gasteiger partial charge on any atom is 0.286 e. The monoisotopic (exact) mass is 342 g/mol. The molecule has 7 heteroatoms. The van der Waals surface area contributed by atoms with Crippen LogP contribution in [0, 0.1) is 0 Å². The molecule has 0 unspecified atom stereocenters. The first kappa shape index (κ1) is 14.9. The van der Waals surface area contributed by atoms with Crippen LogP contribution in [0.3, 0.4) is 0 Å². The quantitative estimate of drug-likeness (QED) is 0.734. The van der Waals surface area contributed by atoms with E-state index in [-0.39, 0.29) is 5.91 Å². The van der Waals surface area contributed by atoms with E-state index in [1.165, 1.54) is 11.8 Å². The van der Waals surface area contributed by atoms with E-state index in [0.717, 1.165) is 23.8 Å². The van der Waals surface area contributed by atoms with Crippen molar-refractivity contribution in [1.29, 1.82) is 0 Å². The average molecular weight is 343 g/mol. The molecule has 3 rings (SSSR count). The first-order valence-corrected chi connectivity index (χ1v) is 8.01. The van der Waals surface area contributed by atoms with Crippen LogP contribution in [0.15, 0.2) is 28.1 Å². The molecule has 0 aliphatic carbocycles. The molecule has 0 spiro atoms. The van der Waals surface area contributed by atoms with Crippen LogP contribution >= 0.6 is 35.0 Å². The van der Waals surface area contributed by atoms with Crippen LogP contribution in [0.2, 0.25) is 10.0 Å². The summed E-state index contributed by atoms with van der Waals surface area (Å²) in [6.45, 7) is 2.84. The van der Waals surface area contributed by atoms with Crippen LogP contribution in [0.5, 0.6) is 0 Å². The summed E-state index contributed by atoms with van der Waals surface area (Å²) < 4.78 is 5.30. The molecule has 110 valence electrons. The number of amides is 1. The highest BCUT2D eigenvalue weighted by atomic mass is 35.5. The number of hydrogen-bond donors (Lipinski definition) is 0.